The molecule has 0 spiro atoms. The number of aliphatic hydroxyl groups is 1. The molecule has 0 bridgehead atoms. The first-order valence-corrected chi connectivity index (χ1v) is 13.0. The van der Waals surface area contributed by atoms with Gasteiger partial charge in [-0.15, -0.1) is 0 Å². The molecule has 2 atom stereocenters. The van der Waals surface area contributed by atoms with E-state index in [9.17, 15) is 13.5 Å². The maximum absolute atomic E-state index is 11.4. The minimum absolute atomic E-state index is 0.219. The number of aliphatic hydroxyl groups excluding tert-OH is 1. The molecule has 5 nitrogen and oxygen atoms in total. The van der Waals surface area contributed by atoms with Crippen LogP contribution in [0.2, 0.25) is 0 Å². The highest BCUT2D eigenvalue weighted by Gasteiger charge is 2.32. The van der Waals surface area contributed by atoms with Gasteiger partial charge in [-0.25, -0.2) is 0 Å². The number of ether oxygens (including phenoxy) is 1. The van der Waals surface area contributed by atoms with Crippen LogP contribution >= 0.6 is 0 Å². The second kappa shape index (κ2) is 9.84. The van der Waals surface area contributed by atoms with Gasteiger partial charge >= 0.3 is 10.1 Å². The molecule has 0 aliphatic rings. The fourth-order valence-electron chi connectivity index (χ4n) is 4.29. The predicted octanol–water partition coefficient (Wildman–Crippen LogP) is 5.61. The van der Waals surface area contributed by atoms with Crippen molar-refractivity contribution in [3.63, 3.8) is 0 Å². The van der Waals surface area contributed by atoms with Crippen molar-refractivity contribution in [3.05, 3.63) is 59.2 Å². The lowest BCUT2D eigenvalue weighted by atomic mass is 9.70. The SMILES string of the molecule is CCC(CC)(c1ccc(OS(C)(=O)=O)cc1)c1ccc(OC(C)C(O)C(C)(C)C)c(C)c1. The summed E-state index contributed by atoms with van der Waals surface area (Å²) in [4.78, 5) is 0. The fraction of sp³-hybridized carbons (Fsp3) is 0.538. The van der Waals surface area contributed by atoms with Gasteiger partial charge < -0.3 is 14.0 Å². The molecular formula is C26H38O5S. The van der Waals surface area contributed by atoms with Crippen LogP contribution < -0.4 is 8.92 Å². The van der Waals surface area contributed by atoms with Crippen molar-refractivity contribution in [3.8, 4) is 11.5 Å². The van der Waals surface area contributed by atoms with Gasteiger partial charge in [-0.1, -0.05) is 58.9 Å². The average Bonchev–Trinajstić information content (AvgIpc) is 2.69. The van der Waals surface area contributed by atoms with Crippen molar-refractivity contribution in [2.75, 3.05) is 6.26 Å². The second-order valence-corrected chi connectivity index (χ2v) is 11.3. The van der Waals surface area contributed by atoms with Crippen molar-refractivity contribution in [2.24, 2.45) is 5.41 Å². The lowest BCUT2D eigenvalue weighted by Crippen LogP contribution is -2.39. The van der Waals surface area contributed by atoms with Crippen LogP contribution in [0, 0.1) is 12.3 Å². The third-order valence-corrected chi connectivity index (χ3v) is 6.73. The Balaban J connectivity index is 2.37. The van der Waals surface area contributed by atoms with E-state index >= 15 is 0 Å². The van der Waals surface area contributed by atoms with Crippen LogP contribution in [0.3, 0.4) is 0 Å². The molecule has 0 saturated carbocycles. The summed E-state index contributed by atoms with van der Waals surface area (Å²) in [5.74, 6) is 1.08. The smallest absolute Gasteiger partial charge is 0.306 e. The number of hydrogen-bond donors (Lipinski definition) is 1. The molecule has 178 valence electrons. The van der Waals surface area contributed by atoms with E-state index < -0.39 is 16.2 Å². The van der Waals surface area contributed by atoms with Crippen LogP contribution in [-0.4, -0.2) is 32.0 Å². The molecule has 2 unspecified atom stereocenters. The molecule has 2 rings (SSSR count). The van der Waals surface area contributed by atoms with Crippen molar-refractivity contribution in [1.29, 1.82) is 0 Å². The van der Waals surface area contributed by atoms with Gasteiger partial charge in [0, 0.05) is 5.41 Å². The fourth-order valence-corrected chi connectivity index (χ4v) is 4.75. The lowest BCUT2D eigenvalue weighted by molar-refractivity contribution is -0.0234. The van der Waals surface area contributed by atoms with Gasteiger partial charge in [0.2, 0.25) is 0 Å². The monoisotopic (exact) mass is 462 g/mol. The normalized spacial score (nSPS) is 14.7. The highest BCUT2D eigenvalue weighted by molar-refractivity contribution is 7.86. The van der Waals surface area contributed by atoms with Gasteiger partial charge in [0.25, 0.3) is 0 Å². The summed E-state index contributed by atoms with van der Waals surface area (Å²) in [6.07, 6.45) is 1.89. The molecule has 0 saturated heterocycles. The number of hydrogen-bond acceptors (Lipinski definition) is 5. The second-order valence-electron chi connectivity index (χ2n) is 9.72. The summed E-state index contributed by atoms with van der Waals surface area (Å²) in [6.45, 7) is 14.2. The zero-order chi connectivity index (χ0) is 24.3. The predicted molar refractivity (Wildman–Crippen MR) is 130 cm³/mol. The molecule has 0 aromatic heterocycles. The van der Waals surface area contributed by atoms with Gasteiger partial charge in [0.05, 0.1) is 12.4 Å². The maximum atomic E-state index is 11.4. The van der Waals surface area contributed by atoms with Crippen molar-refractivity contribution >= 4 is 10.1 Å². The van der Waals surface area contributed by atoms with Gasteiger partial charge in [0.1, 0.15) is 17.6 Å². The van der Waals surface area contributed by atoms with Gasteiger partial charge in [-0.05, 0) is 67.0 Å². The third kappa shape index (κ3) is 6.04. The standard InChI is InChI=1S/C26H38O5S/c1-9-26(10-2,20-11-14-22(15-12-20)31-32(8,28)29)21-13-16-23(18(3)17-21)30-19(4)24(27)25(5,6)7/h11-17,19,24,27H,9-10H2,1-8H3. The number of benzene rings is 2. The van der Waals surface area contributed by atoms with Crippen LogP contribution in [0.25, 0.3) is 0 Å². The molecule has 0 aliphatic carbocycles. The van der Waals surface area contributed by atoms with Crippen LogP contribution in [-0.2, 0) is 15.5 Å². The molecule has 0 fully saturated rings. The number of aryl methyl sites for hydroxylation is 1. The topological polar surface area (TPSA) is 72.8 Å². The van der Waals surface area contributed by atoms with E-state index in [1.807, 2.05) is 52.8 Å². The molecule has 32 heavy (non-hydrogen) atoms. The molecule has 0 radical (unpaired) electrons. The Morgan fingerprint density at radius 1 is 0.969 bits per heavy atom. The molecule has 2 aromatic rings. The first kappa shape index (κ1) is 26.2. The summed E-state index contributed by atoms with van der Waals surface area (Å²) in [6, 6.07) is 13.5. The van der Waals surface area contributed by atoms with Gasteiger partial charge in [0.15, 0.2) is 0 Å². The van der Waals surface area contributed by atoms with E-state index in [1.54, 1.807) is 12.1 Å². The van der Waals surface area contributed by atoms with Crippen molar-refractivity contribution in [2.45, 2.75) is 78.9 Å². The van der Waals surface area contributed by atoms with Crippen LogP contribution in [0.1, 0.15) is 71.1 Å². The molecule has 6 heteroatoms. The molecule has 2 aromatic carbocycles. The zero-order valence-corrected chi connectivity index (χ0v) is 21.4. The van der Waals surface area contributed by atoms with E-state index in [-0.39, 0.29) is 16.9 Å². The average molecular weight is 463 g/mol. The molecule has 1 N–H and O–H groups in total. The van der Waals surface area contributed by atoms with E-state index in [4.69, 9.17) is 8.92 Å². The Morgan fingerprint density at radius 3 is 1.94 bits per heavy atom. The Bertz CT molecular complexity index is 1000. The van der Waals surface area contributed by atoms with Crippen LogP contribution in [0.15, 0.2) is 42.5 Å². The third-order valence-electron chi connectivity index (χ3n) is 6.23. The van der Waals surface area contributed by atoms with Crippen molar-refractivity contribution < 1.29 is 22.4 Å². The quantitative estimate of drug-likeness (QED) is 0.490. The Labute approximate surface area is 193 Å². The summed E-state index contributed by atoms with van der Waals surface area (Å²) in [7, 11) is -3.56. The van der Waals surface area contributed by atoms with Gasteiger partial charge in [-0.2, -0.15) is 8.42 Å². The Kier molecular flexibility index (Phi) is 8.05. The van der Waals surface area contributed by atoms with E-state index in [1.165, 1.54) is 5.56 Å². The maximum Gasteiger partial charge on any atom is 0.306 e. The first-order chi connectivity index (χ1) is 14.7. The van der Waals surface area contributed by atoms with Crippen LogP contribution in [0.4, 0.5) is 0 Å². The van der Waals surface area contributed by atoms with E-state index in [0.717, 1.165) is 36.0 Å². The largest absolute Gasteiger partial charge is 0.488 e. The molecule has 0 amide bonds. The molecule has 0 heterocycles. The minimum Gasteiger partial charge on any atom is -0.488 e. The summed E-state index contributed by atoms with van der Waals surface area (Å²) in [5, 5.41) is 10.5. The van der Waals surface area contributed by atoms with E-state index in [2.05, 4.69) is 26.0 Å². The zero-order valence-electron chi connectivity index (χ0n) is 20.6. The lowest BCUT2D eigenvalue weighted by Gasteiger charge is -2.34. The highest BCUT2D eigenvalue weighted by atomic mass is 32.2. The molecular weight excluding hydrogens is 424 g/mol. The van der Waals surface area contributed by atoms with Crippen LogP contribution in [0.5, 0.6) is 11.5 Å². The van der Waals surface area contributed by atoms with Crippen molar-refractivity contribution in [1.82, 2.24) is 0 Å². The Hall–Kier alpha value is -2.05. The van der Waals surface area contributed by atoms with Gasteiger partial charge in [-0.3, -0.25) is 0 Å². The summed E-state index contributed by atoms with van der Waals surface area (Å²) >= 11 is 0. The minimum atomic E-state index is -3.56. The summed E-state index contributed by atoms with van der Waals surface area (Å²) in [5.41, 5.74) is 2.81. The number of rotatable bonds is 9. The highest BCUT2D eigenvalue weighted by Crippen LogP contribution is 2.41. The first-order valence-electron chi connectivity index (χ1n) is 11.2. The Morgan fingerprint density at radius 2 is 1.50 bits per heavy atom. The molecule has 0 aliphatic heterocycles. The van der Waals surface area contributed by atoms with E-state index in [0.29, 0.717) is 5.75 Å². The summed E-state index contributed by atoms with van der Waals surface area (Å²) < 4.78 is 33.9.